The molecule has 0 saturated carbocycles. The molecule has 6 nitrogen and oxygen atoms in total. The fraction of sp³-hybridized carbons (Fsp3) is 1.00. The number of hydrogen-bond acceptors (Lipinski definition) is 6. The summed E-state index contributed by atoms with van der Waals surface area (Å²) < 4.78 is 0. The van der Waals surface area contributed by atoms with Crippen molar-refractivity contribution < 1.29 is 57.4 Å². The average Bonchev–Trinajstić information content (AvgIpc) is 1.61. The van der Waals surface area contributed by atoms with Gasteiger partial charge in [0.15, 0.2) is 0 Å². The summed E-state index contributed by atoms with van der Waals surface area (Å²) in [5, 5.41) is 31.5. The van der Waals surface area contributed by atoms with Gasteiger partial charge in [0.05, 0.1) is 13.1 Å². The summed E-state index contributed by atoms with van der Waals surface area (Å²) in [5.41, 5.74) is 0. The first-order chi connectivity index (χ1) is 3.63. The summed E-state index contributed by atoms with van der Waals surface area (Å²) in [6.45, 7) is -0.486. The maximum atomic E-state index is 7.94. The molecule has 0 aromatic carbocycles. The van der Waals surface area contributed by atoms with Gasteiger partial charge in [-0.3, -0.25) is 20.8 Å². The predicted molar refractivity (Wildman–Crippen MR) is 20.6 cm³/mol. The van der Waals surface area contributed by atoms with Gasteiger partial charge in [-0.1, -0.05) is 10.5 Å². The molecule has 0 aromatic heterocycles. The second-order valence-corrected chi connectivity index (χ2v) is 1.19. The second kappa shape index (κ2) is 9.90. The molecule has 0 amide bonds. The monoisotopic (exact) mass is 251 g/mol. The third-order valence-electron chi connectivity index (χ3n) is 0.500. The summed E-state index contributed by atoms with van der Waals surface area (Å²) in [7, 11) is 0. The van der Waals surface area contributed by atoms with Crippen LogP contribution in [-0.4, -0.2) is 44.4 Å². The summed E-state index contributed by atoms with van der Waals surface area (Å²) in [6.07, 6.45) is 0. The van der Waals surface area contributed by atoms with Crippen LogP contribution in [0.15, 0.2) is 0 Å². The Morgan fingerprint density at radius 2 is 1.00 bits per heavy atom. The van der Waals surface area contributed by atoms with E-state index in [1.54, 1.807) is 0 Å². The molecule has 0 aliphatic rings. The third-order valence-corrected chi connectivity index (χ3v) is 0.500. The van der Waals surface area contributed by atoms with Crippen LogP contribution in [0.3, 0.4) is 0 Å². The van der Waals surface area contributed by atoms with E-state index in [9.17, 15) is 0 Å². The quantitative estimate of drug-likeness (QED) is 0.387. The SMILES string of the molecule is ON(O)CCN(O)O.[Cu].[Zn]. The molecule has 0 fully saturated rings. The Bertz CT molecular complexity index is 57.2. The van der Waals surface area contributed by atoms with Crippen LogP contribution in [-0.2, 0) is 36.5 Å². The molecule has 0 aliphatic heterocycles. The average molecular weight is 253 g/mol. The Kier molecular flexibility index (Phi) is 17.0. The molecule has 4 N–H and O–H groups in total. The zero-order chi connectivity index (χ0) is 6.57. The molecule has 0 spiro atoms. The van der Waals surface area contributed by atoms with Crippen LogP contribution in [0.25, 0.3) is 0 Å². The zero-order valence-corrected chi connectivity index (χ0v) is 9.01. The van der Waals surface area contributed by atoms with Gasteiger partial charge in [-0.2, -0.15) is 0 Å². The fourth-order valence-corrected chi connectivity index (χ4v) is 0.179. The van der Waals surface area contributed by atoms with Gasteiger partial charge in [0.1, 0.15) is 0 Å². The van der Waals surface area contributed by atoms with Crippen molar-refractivity contribution in [2.45, 2.75) is 0 Å². The van der Waals surface area contributed by atoms with E-state index < -0.39 is 0 Å². The van der Waals surface area contributed by atoms with Gasteiger partial charge in [-0.05, 0) is 0 Å². The third kappa shape index (κ3) is 16.0. The van der Waals surface area contributed by atoms with E-state index >= 15 is 0 Å². The van der Waals surface area contributed by atoms with Gasteiger partial charge >= 0.3 is 0 Å². The number of hydrogen-bond donors (Lipinski definition) is 4. The summed E-state index contributed by atoms with van der Waals surface area (Å²) >= 11 is 0. The van der Waals surface area contributed by atoms with Crippen LogP contribution in [0.1, 0.15) is 0 Å². The molecule has 0 unspecified atom stereocenters. The molecular formula is C2H8CuN2O4Zn. The molecule has 0 bridgehead atoms. The van der Waals surface area contributed by atoms with Crippen molar-refractivity contribution in [3.8, 4) is 0 Å². The van der Waals surface area contributed by atoms with Crippen LogP contribution >= 0.6 is 0 Å². The van der Waals surface area contributed by atoms with Crippen molar-refractivity contribution in [1.29, 1.82) is 0 Å². The molecule has 10 heavy (non-hydrogen) atoms. The van der Waals surface area contributed by atoms with E-state index in [1.165, 1.54) is 0 Å². The molecule has 0 aromatic rings. The van der Waals surface area contributed by atoms with Crippen LogP contribution in [0.5, 0.6) is 0 Å². The molecule has 0 rings (SSSR count). The van der Waals surface area contributed by atoms with E-state index in [2.05, 4.69) is 0 Å². The molecule has 1 radical (unpaired) electrons. The van der Waals surface area contributed by atoms with E-state index in [0.717, 1.165) is 0 Å². The standard InChI is InChI=1S/C2H8N2O4.Cu.Zn/c5-3(6)1-2-4(7)8;;/h5-8H,1-2H2;;. The van der Waals surface area contributed by atoms with Crippen molar-refractivity contribution in [3.05, 3.63) is 0 Å². The van der Waals surface area contributed by atoms with Gasteiger partial charge in [0, 0.05) is 36.5 Å². The van der Waals surface area contributed by atoms with Crippen molar-refractivity contribution in [3.63, 3.8) is 0 Å². The van der Waals surface area contributed by atoms with Crippen molar-refractivity contribution in [1.82, 2.24) is 10.5 Å². The Morgan fingerprint density at radius 3 is 1.10 bits per heavy atom. The van der Waals surface area contributed by atoms with Crippen molar-refractivity contribution >= 4 is 0 Å². The maximum absolute atomic E-state index is 7.94. The van der Waals surface area contributed by atoms with E-state index in [4.69, 9.17) is 20.8 Å². The predicted octanol–water partition coefficient (Wildman–Crippen LogP) is -0.858. The zero-order valence-electron chi connectivity index (χ0n) is 5.11. The normalized spacial score (nSPS) is 9.00. The smallest absolute Gasteiger partial charge is 0.0688 e. The molecular weight excluding hydrogens is 245 g/mol. The van der Waals surface area contributed by atoms with E-state index in [1.807, 2.05) is 0 Å². The van der Waals surface area contributed by atoms with Crippen LogP contribution in [0.2, 0.25) is 0 Å². The molecule has 0 heterocycles. The van der Waals surface area contributed by atoms with Gasteiger partial charge in [-0.15, -0.1) is 0 Å². The Hall–Kier alpha value is 0.903. The van der Waals surface area contributed by atoms with Gasteiger partial charge < -0.3 is 0 Å². The first-order valence-corrected chi connectivity index (χ1v) is 1.93. The fourth-order valence-electron chi connectivity index (χ4n) is 0.179. The van der Waals surface area contributed by atoms with Gasteiger partial charge in [0.2, 0.25) is 0 Å². The summed E-state index contributed by atoms with van der Waals surface area (Å²) in [5.74, 6) is 0. The molecule has 0 saturated heterocycles. The second-order valence-electron chi connectivity index (χ2n) is 1.19. The molecule has 0 aliphatic carbocycles. The first-order valence-electron chi connectivity index (χ1n) is 1.93. The van der Waals surface area contributed by atoms with Crippen LogP contribution in [0.4, 0.5) is 0 Å². The number of hydroxylamine groups is 4. The number of rotatable bonds is 3. The largest absolute Gasteiger partial charge is 0.290 e. The summed E-state index contributed by atoms with van der Waals surface area (Å²) in [6, 6.07) is 0. The minimum absolute atomic E-state index is 0. The van der Waals surface area contributed by atoms with Crippen LogP contribution in [0, 0.1) is 0 Å². The first kappa shape index (κ1) is 17.1. The topological polar surface area (TPSA) is 87.4 Å². The summed E-state index contributed by atoms with van der Waals surface area (Å²) in [4.78, 5) is 0. The van der Waals surface area contributed by atoms with E-state index in [-0.39, 0.29) is 60.1 Å². The Labute approximate surface area is 81.1 Å². The minimum atomic E-state index is -0.243. The molecule has 0 atom stereocenters. The molecule has 63 valence electrons. The maximum Gasteiger partial charge on any atom is 0.0688 e. The molecule has 8 heteroatoms. The van der Waals surface area contributed by atoms with Gasteiger partial charge in [-0.25, -0.2) is 0 Å². The van der Waals surface area contributed by atoms with Gasteiger partial charge in [0.25, 0.3) is 0 Å². The Balaban J connectivity index is -0.000000245. The minimum Gasteiger partial charge on any atom is -0.290 e. The Morgan fingerprint density at radius 1 is 0.800 bits per heavy atom. The van der Waals surface area contributed by atoms with Crippen molar-refractivity contribution in [2.75, 3.05) is 13.1 Å². The van der Waals surface area contributed by atoms with Crippen LogP contribution < -0.4 is 0 Å². The van der Waals surface area contributed by atoms with E-state index in [0.29, 0.717) is 0 Å². The number of nitrogens with zero attached hydrogens (tertiary/aromatic N) is 2. The van der Waals surface area contributed by atoms with Crippen molar-refractivity contribution in [2.24, 2.45) is 0 Å².